The quantitative estimate of drug-likeness (QED) is 0.544. The Kier molecular flexibility index (Phi) is 5.49. The highest BCUT2D eigenvalue weighted by Crippen LogP contribution is 2.42. The van der Waals surface area contributed by atoms with Crippen molar-refractivity contribution in [2.24, 2.45) is 5.73 Å². The standard InChI is InChI=1S/C23H23NO2/c1-26-22(25)21(24)17-23(18-11-5-2-6-12-18,19-13-7-3-8-14-19)20-15-9-4-10-16-20/h2-16,21H,17,24H2,1H3/t21-/m0/s1. The van der Waals surface area contributed by atoms with Crippen LogP contribution in [0.15, 0.2) is 91.0 Å². The minimum absolute atomic E-state index is 0.405. The fourth-order valence-corrected chi connectivity index (χ4v) is 3.59. The Balaban J connectivity index is 2.26. The summed E-state index contributed by atoms with van der Waals surface area (Å²) in [5.41, 5.74) is 8.99. The van der Waals surface area contributed by atoms with E-state index in [0.717, 1.165) is 16.7 Å². The molecule has 0 aliphatic heterocycles. The molecule has 0 aliphatic rings. The Labute approximate surface area is 154 Å². The Morgan fingerprint density at radius 1 is 0.808 bits per heavy atom. The van der Waals surface area contributed by atoms with Crippen molar-refractivity contribution in [1.29, 1.82) is 0 Å². The van der Waals surface area contributed by atoms with Gasteiger partial charge in [0.15, 0.2) is 0 Å². The predicted octanol–water partition coefficient (Wildman–Crippen LogP) is 3.91. The number of nitrogens with two attached hydrogens (primary N) is 1. The lowest BCUT2D eigenvalue weighted by atomic mass is 9.66. The molecule has 0 aromatic heterocycles. The fraction of sp³-hybridized carbons (Fsp3) is 0.174. The second-order valence-corrected chi connectivity index (χ2v) is 6.34. The molecule has 3 aromatic carbocycles. The third kappa shape index (κ3) is 3.39. The van der Waals surface area contributed by atoms with Crippen molar-refractivity contribution in [2.45, 2.75) is 17.9 Å². The molecule has 3 rings (SSSR count). The third-order valence-corrected chi connectivity index (χ3v) is 4.83. The largest absolute Gasteiger partial charge is 0.468 e. The second kappa shape index (κ2) is 7.98. The number of rotatable bonds is 6. The Bertz CT molecular complexity index is 735. The molecule has 132 valence electrons. The van der Waals surface area contributed by atoms with Crippen LogP contribution in [0.1, 0.15) is 23.1 Å². The number of methoxy groups -OCH3 is 1. The summed E-state index contributed by atoms with van der Waals surface area (Å²) in [7, 11) is 1.37. The molecule has 0 unspecified atom stereocenters. The van der Waals surface area contributed by atoms with Gasteiger partial charge in [0.05, 0.1) is 7.11 Å². The number of esters is 1. The molecule has 0 bridgehead atoms. The minimum atomic E-state index is -0.736. The van der Waals surface area contributed by atoms with Crippen molar-refractivity contribution in [3.63, 3.8) is 0 Å². The number of hydrogen-bond donors (Lipinski definition) is 1. The fourth-order valence-electron chi connectivity index (χ4n) is 3.59. The number of carbonyl (C=O) groups excluding carboxylic acids is 1. The van der Waals surface area contributed by atoms with Gasteiger partial charge in [-0.15, -0.1) is 0 Å². The monoisotopic (exact) mass is 345 g/mol. The van der Waals surface area contributed by atoms with Crippen LogP contribution >= 0.6 is 0 Å². The zero-order chi connectivity index (χ0) is 18.4. The molecule has 0 spiro atoms. The summed E-state index contributed by atoms with van der Waals surface area (Å²) >= 11 is 0. The Morgan fingerprint density at radius 3 is 1.46 bits per heavy atom. The zero-order valence-corrected chi connectivity index (χ0v) is 14.8. The van der Waals surface area contributed by atoms with Gasteiger partial charge in [0.25, 0.3) is 0 Å². The summed E-state index contributed by atoms with van der Waals surface area (Å²) in [6, 6.07) is 29.8. The third-order valence-electron chi connectivity index (χ3n) is 4.83. The van der Waals surface area contributed by atoms with Gasteiger partial charge in [-0.2, -0.15) is 0 Å². The molecular formula is C23H23NO2. The van der Waals surface area contributed by atoms with Crippen molar-refractivity contribution in [3.8, 4) is 0 Å². The summed E-state index contributed by atoms with van der Waals surface area (Å²) in [4.78, 5) is 12.1. The molecule has 0 amide bonds. The number of hydrogen-bond acceptors (Lipinski definition) is 3. The molecule has 2 N–H and O–H groups in total. The highest BCUT2D eigenvalue weighted by Gasteiger charge is 2.39. The van der Waals surface area contributed by atoms with Crippen molar-refractivity contribution >= 4 is 5.97 Å². The molecule has 0 radical (unpaired) electrons. The van der Waals surface area contributed by atoms with Crippen molar-refractivity contribution in [1.82, 2.24) is 0 Å². The first-order valence-electron chi connectivity index (χ1n) is 8.68. The van der Waals surface area contributed by atoms with Crippen LogP contribution in [0.4, 0.5) is 0 Å². The predicted molar refractivity (Wildman–Crippen MR) is 104 cm³/mol. The van der Waals surface area contributed by atoms with E-state index in [2.05, 4.69) is 36.4 Å². The lowest BCUT2D eigenvalue weighted by Gasteiger charge is -2.37. The molecule has 26 heavy (non-hydrogen) atoms. The average Bonchev–Trinajstić information content (AvgIpc) is 2.73. The van der Waals surface area contributed by atoms with Gasteiger partial charge < -0.3 is 10.5 Å². The molecule has 3 nitrogen and oxygen atoms in total. The first kappa shape index (κ1) is 17.9. The van der Waals surface area contributed by atoms with Gasteiger partial charge in [-0.3, -0.25) is 4.79 Å². The number of ether oxygens (including phenoxy) is 1. The van der Waals surface area contributed by atoms with E-state index >= 15 is 0 Å². The van der Waals surface area contributed by atoms with Crippen LogP contribution < -0.4 is 5.73 Å². The first-order chi connectivity index (χ1) is 12.7. The van der Waals surface area contributed by atoms with Crippen LogP contribution in [0.25, 0.3) is 0 Å². The molecule has 0 heterocycles. The summed E-state index contributed by atoms with van der Waals surface area (Å²) in [5.74, 6) is -0.405. The van der Waals surface area contributed by atoms with Crippen LogP contribution in [-0.2, 0) is 14.9 Å². The summed E-state index contributed by atoms with van der Waals surface area (Å²) < 4.78 is 4.90. The van der Waals surface area contributed by atoms with Crippen LogP contribution in [0, 0.1) is 0 Å². The molecule has 0 fully saturated rings. The number of carbonyl (C=O) groups is 1. The van der Waals surface area contributed by atoms with Crippen LogP contribution in [0.2, 0.25) is 0 Å². The molecule has 0 saturated carbocycles. The molecular weight excluding hydrogens is 322 g/mol. The summed E-state index contributed by atoms with van der Waals surface area (Å²) in [6.07, 6.45) is 0.414. The van der Waals surface area contributed by atoms with Crippen molar-refractivity contribution < 1.29 is 9.53 Å². The maximum Gasteiger partial charge on any atom is 0.322 e. The molecule has 0 aliphatic carbocycles. The maximum atomic E-state index is 12.1. The van der Waals surface area contributed by atoms with Crippen molar-refractivity contribution in [2.75, 3.05) is 7.11 Å². The minimum Gasteiger partial charge on any atom is -0.468 e. The van der Waals surface area contributed by atoms with Crippen molar-refractivity contribution in [3.05, 3.63) is 108 Å². The highest BCUT2D eigenvalue weighted by molar-refractivity contribution is 5.76. The van der Waals surface area contributed by atoms with Gasteiger partial charge in [-0.25, -0.2) is 0 Å². The number of benzene rings is 3. The van der Waals surface area contributed by atoms with Crippen LogP contribution in [-0.4, -0.2) is 19.1 Å². The second-order valence-electron chi connectivity index (χ2n) is 6.34. The van der Waals surface area contributed by atoms with E-state index in [0.29, 0.717) is 6.42 Å². The molecule has 3 aromatic rings. The van der Waals surface area contributed by atoms with E-state index in [4.69, 9.17) is 10.5 Å². The normalized spacial score (nSPS) is 12.4. The Hall–Kier alpha value is -2.91. The van der Waals surface area contributed by atoms with E-state index in [1.165, 1.54) is 7.11 Å². The van der Waals surface area contributed by atoms with Gasteiger partial charge in [0, 0.05) is 5.41 Å². The lowest BCUT2D eigenvalue weighted by Crippen LogP contribution is -2.41. The van der Waals surface area contributed by atoms with E-state index < -0.39 is 17.4 Å². The molecule has 0 saturated heterocycles. The lowest BCUT2D eigenvalue weighted by molar-refractivity contribution is -0.142. The zero-order valence-electron chi connectivity index (χ0n) is 14.8. The van der Waals surface area contributed by atoms with E-state index in [1.54, 1.807) is 0 Å². The van der Waals surface area contributed by atoms with Crippen LogP contribution in [0.3, 0.4) is 0 Å². The van der Waals surface area contributed by atoms with E-state index in [9.17, 15) is 4.79 Å². The van der Waals surface area contributed by atoms with E-state index in [1.807, 2.05) is 54.6 Å². The Morgan fingerprint density at radius 2 is 1.15 bits per heavy atom. The maximum absolute atomic E-state index is 12.1. The van der Waals surface area contributed by atoms with Gasteiger partial charge in [-0.05, 0) is 23.1 Å². The first-order valence-corrected chi connectivity index (χ1v) is 8.68. The molecule has 3 heteroatoms. The SMILES string of the molecule is COC(=O)[C@@H](N)CC(c1ccccc1)(c1ccccc1)c1ccccc1. The average molecular weight is 345 g/mol. The van der Waals surface area contributed by atoms with Gasteiger partial charge in [0.2, 0.25) is 0 Å². The topological polar surface area (TPSA) is 52.3 Å². The van der Waals surface area contributed by atoms with Crippen LogP contribution in [0.5, 0.6) is 0 Å². The van der Waals surface area contributed by atoms with Gasteiger partial charge >= 0.3 is 5.97 Å². The smallest absolute Gasteiger partial charge is 0.322 e. The van der Waals surface area contributed by atoms with E-state index in [-0.39, 0.29) is 0 Å². The summed E-state index contributed by atoms with van der Waals surface area (Å²) in [6.45, 7) is 0. The highest BCUT2D eigenvalue weighted by atomic mass is 16.5. The summed E-state index contributed by atoms with van der Waals surface area (Å²) in [5, 5.41) is 0. The van der Waals surface area contributed by atoms with Gasteiger partial charge in [0.1, 0.15) is 6.04 Å². The van der Waals surface area contributed by atoms with Gasteiger partial charge in [-0.1, -0.05) is 91.0 Å². The molecule has 1 atom stereocenters.